The van der Waals surface area contributed by atoms with Crippen molar-refractivity contribution in [3.63, 3.8) is 0 Å². The highest BCUT2D eigenvalue weighted by Gasteiger charge is 2.15. The Morgan fingerprint density at radius 3 is 2.06 bits per heavy atom. The summed E-state index contributed by atoms with van der Waals surface area (Å²) < 4.78 is 10.4. The molecule has 0 aliphatic rings. The molecule has 4 rings (SSSR count). The van der Waals surface area contributed by atoms with Crippen LogP contribution in [0, 0.1) is 0 Å². The first-order valence-electron chi connectivity index (χ1n) is 9.55. The van der Waals surface area contributed by atoms with E-state index in [-0.39, 0.29) is 5.75 Å². The molecule has 0 amide bonds. The summed E-state index contributed by atoms with van der Waals surface area (Å²) in [5.74, 6) is 0.579. The number of nitrogens with one attached hydrogen (secondary N) is 1. The largest absolute Gasteiger partial charge is 0.502 e. The summed E-state index contributed by atoms with van der Waals surface area (Å²) in [7, 11) is 2.97. The third-order valence-corrected chi connectivity index (χ3v) is 5.60. The number of phenolic OH excluding ortho intramolecular Hbond substituents is 1. The number of methoxy groups -OCH3 is 2. The molecule has 7 heteroatoms. The van der Waals surface area contributed by atoms with Gasteiger partial charge in [-0.15, -0.1) is 0 Å². The fourth-order valence-electron chi connectivity index (χ4n) is 3.10. The van der Waals surface area contributed by atoms with Crippen LogP contribution in [-0.4, -0.2) is 30.5 Å². The van der Waals surface area contributed by atoms with E-state index >= 15 is 0 Å². The van der Waals surface area contributed by atoms with E-state index < -0.39 is 0 Å². The number of thiazole rings is 1. The number of hydrogen-bond donors (Lipinski definition) is 2. The van der Waals surface area contributed by atoms with E-state index in [2.05, 4.69) is 22.7 Å². The molecule has 0 aliphatic heterocycles. The Bertz CT molecular complexity index is 1110. The van der Waals surface area contributed by atoms with Gasteiger partial charge in [0.1, 0.15) is 0 Å². The average molecular weight is 432 g/mol. The van der Waals surface area contributed by atoms with Gasteiger partial charge in [-0.05, 0) is 17.7 Å². The molecule has 3 aromatic carbocycles. The number of anilines is 1. The van der Waals surface area contributed by atoms with E-state index in [0.717, 1.165) is 21.7 Å². The molecule has 6 nitrogen and oxygen atoms in total. The van der Waals surface area contributed by atoms with Crippen LogP contribution in [0.2, 0.25) is 0 Å². The molecule has 0 unspecified atom stereocenters. The highest BCUT2D eigenvalue weighted by molar-refractivity contribution is 7.19. The number of rotatable bonds is 7. The predicted octanol–water partition coefficient (Wildman–Crippen LogP) is 5.65. The van der Waals surface area contributed by atoms with Crippen LogP contribution >= 0.6 is 11.3 Å². The van der Waals surface area contributed by atoms with E-state index in [0.29, 0.717) is 22.2 Å². The molecular weight excluding hydrogens is 410 g/mol. The molecular formula is C24H21N3O3S. The lowest BCUT2D eigenvalue weighted by molar-refractivity contribution is 0.340. The van der Waals surface area contributed by atoms with Gasteiger partial charge < -0.3 is 14.6 Å². The topological polar surface area (TPSA) is 76.0 Å². The van der Waals surface area contributed by atoms with Crippen molar-refractivity contribution in [2.24, 2.45) is 5.10 Å². The van der Waals surface area contributed by atoms with Crippen molar-refractivity contribution < 1.29 is 14.6 Å². The summed E-state index contributed by atoms with van der Waals surface area (Å²) >= 11 is 1.53. The molecule has 0 bridgehead atoms. The number of benzene rings is 3. The number of ether oxygens (including phenoxy) is 2. The minimum Gasteiger partial charge on any atom is -0.502 e. The molecule has 0 saturated carbocycles. The summed E-state index contributed by atoms with van der Waals surface area (Å²) in [6, 6.07) is 23.6. The molecule has 0 aliphatic carbocycles. The Kier molecular flexibility index (Phi) is 6.14. The van der Waals surface area contributed by atoms with Crippen LogP contribution in [0.4, 0.5) is 5.13 Å². The monoisotopic (exact) mass is 431 g/mol. The van der Waals surface area contributed by atoms with Gasteiger partial charge in [0, 0.05) is 11.1 Å². The Balaban J connectivity index is 1.63. The van der Waals surface area contributed by atoms with Crippen molar-refractivity contribution >= 4 is 22.7 Å². The van der Waals surface area contributed by atoms with Crippen molar-refractivity contribution in [3.8, 4) is 38.9 Å². The minimum atomic E-state index is -0.0463. The fraction of sp³-hybridized carbons (Fsp3) is 0.0833. The molecule has 0 fully saturated rings. The van der Waals surface area contributed by atoms with E-state index in [1.807, 2.05) is 48.5 Å². The van der Waals surface area contributed by atoms with Crippen LogP contribution in [0.15, 0.2) is 77.9 Å². The maximum absolute atomic E-state index is 10.0. The minimum absolute atomic E-state index is 0.0463. The van der Waals surface area contributed by atoms with Gasteiger partial charge in [-0.2, -0.15) is 5.10 Å². The zero-order chi connectivity index (χ0) is 21.6. The maximum Gasteiger partial charge on any atom is 0.204 e. The maximum atomic E-state index is 10.0. The fourth-order valence-corrected chi connectivity index (χ4v) is 4.04. The first kappa shape index (κ1) is 20.4. The van der Waals surface area contributed by atoms with Crippen molar-refractivity contribution in [2.45, 2.75) is 0 Å². The number of hydrogen-bond acceptors (Lipinski definition) is 7. The second-order valence-corrected chi connectivity index (χ2v) is 7.57. The summed E-state index contributed by atoms with van der Waals surface area (Å²) in [4.78, 5) is 5.84. The molecule has 0 radical (unpaired) electrons. The molecule has 2 N–H and O–H groups in total. The van der Waals surface area contributed by atoms with E-state index in [4.69, 9.17) is 14.5 Å². The van der Waals surface area contributed by atoms with Crippen LogP contribution in [0.3, 0.4) is 0 Å². The third kappa shape index (κ3) is 4.51. The lowest BCUT2D eigenvalue weighted by atomic mass is 10.1. The zero-order valence-electron chi connectivity index (χ0n) is 17.1. The molecule has 156 valence electrons. The summed E-state index contributed by atoms with van der Waals surface area (Å²) in [5.41, 5.74) is 6.78. The Hall–Kier alpha value is -3.84. The zero-order valence-corrected chi connectivity index (χ0v) is 17.9. The second-order valence-electron chi connectivity index (χ2n) is 6.57. The SMILES string of the molecule is COc1cc(/C=N/Nc2nc(-c3ccccc3)c(-c3ccccc3)s2)cc(OC)c1O. The first-order chi connectivity index (χ1) is 15.2. The average Bonchev–Trinajstić information content (AvgIpc) is 3.25. The van der Waals surface area contributed by atoms with Crippen LogP contribution in [0.1, 0.15) is 5.56 Å². The molecule has 1 aromatic heterocycles. The van der Waals surface area contributed by atoms with E-state index in [1.165, 1.54) is 25.6 Å². The molecule has 31 heavy (non-hydrogen) atoms. The number of hydrazone groups is 1. The lowest BCUT2D eigenvalue weighted by Gasteiger charge is -2.09. The summed E-state index contributed by atoms with van der Waals surface area (Å²) in [6.07, 6.45) is 1.62. The summed E-state index contributed by atoms with van der Waals surface area (Å²) in [5, 5.41) is 15.0. The van der Waals surface area contributed by atoms with Crippen LogP contribution in [-0.2, 0) is 0 Å². The highest BCUT2D eigenvalue weighted by atomic mass is 32.1. The van der Waals surface area contributed by atoms with Crippen LogP contribution in [0.25, 0.3) is 21.7 Å². The van der Waals surface area contributed by atoms with Gasteiger partial charge in [-0.25, -0.2) is 4.98 Å². The van der Waals surface area contributed by atoms with Crippen molar-refractivity contribution in [2.75, 3.05) is 19.6 Å². The Morgan fingerprint density at radius 1 is 0.903 bits per heavy atom. The van der Waals surface area contributed by atoms with E-state index in [1.54, 1.807) is 18.3 Å². The van der Waals surface area contributed by atoms with Gasteiger partial charge in [0.05, 0.1) is 31.0 Å². The summed E-state index contributed by atoms with van der Waals surface area (Å²) in [6.45, 7) is 0. The Morgan fingerprint density at radius 2 is 1.48 bits per heavy atom. The molecule has 0 spiro atoms. The third-order valence-electron chi connectivity index (χ3n) is 4.59. The Labute approximate surface area is 184 Å². The van der Waals surface area contributed by atoms with Crippen molar-refractivity contribution in [3.05, 3.63) is 78.4 Å². The number of phenols is 1. The quantitative estimate of drug-likeness (QED) is 0.292. The van der Waals surface area contributed by atoms with Gasteiger partial charge in [-0.3, -0.25) is 5.43 Å². The van der Waals surface area contributed by atoms with Gasteiger partial charge in [0.2, 0.25) is 10.9 Å². The van der Waals surface area contributed by atoms with Gasteiger partial charge >= 0.3 is 0 Å². The van der Waals surface area contributed by atoms with Crippen molar-refractivity contribution in [1.82, 2.24) is 4.98 Å². The highest BCUT2D eigenvalue weighted by Crippen LogP contribution is 2.39. The van der Waals surface area contributed by atoms with Gasteiger partial charge in [0.15, 0.2) is 11.5 Å². The molecule has 1 heterocycles. The standard InChI is InChI=1S/C24H21N3O3S/c1-29-19-13-16(14-20(30-2)22(19)28)15-25-27-24-26-21(17-9-5-3-6-10-17)23(31-24)18-11-7-4-8-12-18/h3-15,28H,1-2H3,(H,26,27)/b25-15+. The van der Waals surface area contributed by atoms with E-state index in [9.17, 15) is 5.11 Å². The second kappa shape index (κ2) is 9.32. The number of aromatic hydroxyl groups is 1. The van der Waals surface area contributed by atoms with Crippen LogP contribution < -0.4 is 14.9 Å². The van der Waals surface area contributed by atoms with Gasteiger partial charge in [0.25, 0.3) is 0 Å². The number of aromatic nitrogens is 1. The normalized spacial score (nSPS) is 10.9. The van der Waals surface area contributed by atoms with Crippen LogP contribution in [0.5, 0.6) is 17.2 Å². The molecule has 4 aromatic rings. The smallest absolute Gasteiger partial charge is 0.204 e. The molecule has 0 atom stereocenters. The lowest BCUT2D eigenvalue weighted by Crippen LogP contribution is -1.94. The van der Waals surface area contributed by atoms with Gasteiger partial charge in [-0.1, -0.05) is 72.0 Å². The van der Waals surface area contributed by atoms with Crippen molar-refractivity contribution in [1.29, 1.82) is 0 Å². The number of nitrogens with zero attached hydrogens (tertiary/aromatic N) is 2. The first-order valence-corrected chi connectivity index (χ1v) is 10.4. The molecule has 0 saturated heterocycles. The predicted molar refractivity (Wildman–Crippen MR) is 125 cm³/mol.